The molecule has 0 aliphatic carbocycles. The van der Waals surface area contributed by atoms with Gasteiger partial charge < -0.3 is 16.4 Å². The first-order chi connectivity index (χ1) is 9.29. The van der Waals surface area contributed by atoms with Crippen molar-refractivity contribution in [3.05, 3.63) is 20.8 Å². The van der Waals surface area contributed by atoms with Crippen LogP contribution in [0, 0.1) is 5.92 Å². The third kappa shape index (κ3) is 3.19. The first-order valence-corrected chi connectivity index (χ1v) is 6.33. The zero-order chi connectivity index (χ0) is 15.4. The molecule has 0 saturated heterocycles. The van der Waals surface area contributed by atoms with E-state index >= 15 is 0 Å². The lowest BCUT2D eigenvalue weighted by atomic mass is 10.2. The summed E-state index contributed by atoms with van der Waals surface area (Å²) in [6.45, 7) is 4.19. The first kappa shape index (κ1) is 15.8. The monoisotopic (exact) mass is 283 g/mol. The van der Waals surface area contributed by atoms with Crippen molar-refractivity contribution in [3.8, 4) is 0 Å². The highest BCUT2D eigenvalue weighted by atomic mass is 16.2. The number of rotatable bonds is 5. The predicted molar refractivity (Wildman–Crippen MR) is 77.7 cm³/mol. The van der Waals surface area contributed by atoms with Crippen molar-refractivity contribution in [3.63, 3.8) is 0 Å². The van der Waals surface area contributed by atoms with Crippen molar-refractivity contribution in [1.82, 2.24) is 14.5 Å². The summed E-state index contributed by atoms with van der Waals surface area (Å²) in [6, 6.07) is 0. The number of amides is 1. The van der Waals surface area contributed by atoms with E-state index in [2.05, 4.69) is 10.6 Å². The summed E-state index contributed by atoms with van der Waals surface area (Å²) in [4.78, 5) is 35.3. The summed E-state index contributed by atoms with van der Waals surface area (Å²) in [5, 5.41) is 5.11. The van der Waals surface area contributed by atoms with Gasteiger partial charge in [0.25, 0.3) is 5.56 Å². The van der Waals surface area contributed by atoms with E-state index in [0.717, 1.165) is 4.57 Å². The highest BCUT2D eigenvalue weighted by molar-refractivity contribution is 5.81. The zero-order valence-corrected chi connectivity index (χ0v) is 12.2. The Morgan fingerprint density at radius 1 is 1.35 bits per heavy atom. The van der Waals surface area contributed by atoms with Gasteiger partial charge in [-0.2, -0.15) is 0 Å². The lowest BCUT2D eigenvalue weighted by Gasteiger charge is -2.17. The SMILES string of the molecule is CNC(=O)CNc1c(N)n(CC(C)C)c(=O)n(C)c1=O. The van der Waals surface area contributed by atoms with E-state index in [9.17, 15) is 14.4 Å². The Kier molecular flexibility index (Phi) is 4.95. The van der Waals surface area contributed by atoms with Crippen LogP contribution in [0.25, 0.3) is 0 Å². The van der Waals surface area contributed by atoms with E-state index in [4.69, 9.17) is 5.73 Å². The van der Waals surface area contributed by atoms with Crippen LogP contribution in [0.15, 0.2) is 9.59 Å². The Labute approximate surface area is 116 Å². The van der Waals surface area contributed by atoms with Gasteiger partial charge in [-0.15, -0.1) is 0 Å². The van der Waals surface area contributed by atoms with Crippen molar-refractivity contribution in [2.75, 3.05) is 24.6 Å². The molecule has 1 heterocycles. The Hall–Kier alpha value is -2.25. The molecule has 8 nitrogen and oxygen atoms in total. The lowest BCUT2D eigenvalue weighted by Crippen LogP contribution is -2.42. The number of nitrogens with one attached hydrogen (secondary N) is 2. The molecular formula is C12H21N5O3. The molecule has 0 fully saturated rings. The third-order valence-electron chi connectivity index (χ3n) is 2.84. The van der Waals surface area contributed by atoms with E-state index in [0.29, 0.717) is 6.54 Å². The Morgan fingerprint density at radius 2 is 1.95 bits per heavy atom. The molecule has 0 aliphatic heterocycles. The van der Waals surface area contributed by atoms with Crippen LogP contribution in [0.5, 0.6) is 0 Å². The number of nitrogens with zero attached hydrogens (tertiary/aromatic N) is 2. The molecule has 1 aromatic rings. The van der Waals surface area contributed by atoms with Gasteiger partial charge in [0.1, 0.15) is 11.5 Å². The molecule has 1 aromatic heterocycles. The van der Waals surface area contributed by atoms with Crippen molar-refractivity contribution >= 4 is 17.4 Å². The fourth-order valence-corrected chi connectivity index (χ4v) is 1.75. The Bertz CT molecular complexity index is 615. The van der Waals surface area contributed by atoms with Gasteiger partial charge in [-0.1, -0.05) is 13.8 Å². The van der Waals surface area contributed by atoms with Crippen molar-refractivity contribution in [2.24, 2.45) is 13.0 Å². The van der Waals surface area contributed by atoms with Crippen LogP contribution in [0.2, 0.25) is 0 Å². The number of nitrogens with two attached hydrogens (primary N) is 1. The minimum absolute atomic E-state index is 0.0516. The van der Waals surface area contributed by atoms with Gasteiger partial charge in [0.15, 0.2) is 0 Å². The average molecular weight is 283 g/mol. The molecule has 20 heavy (non-hydrogen) atoms. The van der Waals surface area contributed by atoms with Crippen molar-refractivity contribution in [2.45, 2.75) is 20.4 Å². The van der Waals surface area contributed by atoms with Crippen LogP contribution in [-0.4, -0.2) is 28.6 Å². The fraction of sp³-hybridized carbons (Fsp3) is 0.583. The van der Waals surface area contributed by atoms with Gasteiger partial charge in [0.05, 0.1) is 6.54 Å². The van der Waals surface area contributed by atoms with E-state index in [1.165, 1.54) is 18.7 Å². The average Bonchev–Trinajstić information content (AvgIpc) is 2.40. The molecule has 4 N–H and O–H groups in total. The summed E-state index contributed by atoms with van der Waals surface area (Å²) in [5.41, 5.74) is 4.94. The minimum atomic E-state index is -0.545. The smallest absolute Gasteiger partial charge is 0.332 e. The molecule has 8 heteroatoms. The van der Waals surface area contributed by atoms with Crippen molar-refractivity contribution in [1.29, 1.82) is 0 Å². The van der Waals surface area contributed by atoms with Gasteiger partial charge >= 0.3 is 5.69 Å². The molecule has 1 rings (SSSR count). The van der Waals surface area contributed by atoms with E-state index in [1.54, 1.807) is 0 Å². The Balaban J connectivity index is 3.30. The quantitative estimate of drug-likeness (QED) is 0.638. The van der Waals surface area contributed by atoms with Gasteiger partial charge in [-0.3, -0.25) is 18.7 Å². The maximum atomic E-state index is 12.0. The third-order valence-corrected chi connectivity index (χ3v) is 2.84. The standard InChI is InChI=1S/C12H21N5O3/c1-7(2)6-17-10(13)9(15-5-8(18)14-3)11(19)16(4)12(17)20/h7,15H,5-6,13H2,1-4H3,(H,14,18). The maximum absolute atomic E-state index is 12.0. The zero-order valence-electron chi connectivity index (χ0n) is 12.2. The maximum Gasteiger partial charge on any atom is 0.332 e. The van der Waals surface area contributed by atoms with Crippen LogP contribution in [0.3, 0.4) is 0 Å². The number of carbonyl (C=O) groups is 1. The molecule has 0 aliphatic rings. The molecule has 0 aromatic carbocycles. The number of nitrogen functional groups attached to an aromatic ring is 1. The summed E-state index contributed by atoms with van der Waals surface area (Å²) in [7, 11) is 2.87. The largest absolute Gasteiger partial charge is 0.383 e. The summed E-state index contributed by atoms with van der Waals surface area (Å²) in [5.74, 6) is -0.0388. The lowest BCUT2D eigenvalue weighted by molar-refractivity contribution is -0.118. The van der Waals surface area contributed by atoms with Crippen LogP contribution >= 0.6 is 0 Å². The topological polar surface area (TPSA) is 111 Å². The molecule has 112 valence electrons. The van der Waals surface area contributed by atoms with Crippen LogP contribution < -0.4 is 27.6 Å². The molecule has 0 spiro atoms. The number of hydrogen-bond acceptors (Lipinski definition) is 5. The second kappa shape index (κ2) is 6.27. The number of hydrogen-bond donors (Lipinski definition) is 3. The van der Waals surface area contributed by atoms with Gasteiger partial charge in [0.2, 0.25) is 5.91 Å². The molecule has 0 unspecified atom stereocenters. The Morgan fingerprint density at radius 3 is 2.45 bits per heavy atom. The second-order valence-corrected chi connectivity index (χ2v) is 4.94. The molecule has 0 bridgehead atoms. The predicted octanol–water partition coefficient (Wildman–Crippen LogP) is -1.06. The number of aromatic nitrogens is 2. The van der Waals surface area contributed by atoms with Crippen LogP contribution in [0.4, 0.5) is 11.5 Å². The number of anilines is 2. The van der Waals surface area contributed by atoms with Crippen molar-refractivity contribution < 1.29 is 4.79 Å². The fourth-order valence-electron chi connectivity index (χ4n) is 1.75. The van der Waals surface area contributed by atoms with Crippen LogP contribution in [0.1, 0.15) is 13.8 Å². The summed E-state index contributed by atoms with van der Waals surface area (Å²) < 4.78 is 2.31. The second-order valence-electron chi connectivity index (χ2n) is 4.94. The highest BCUT2D eigenvalue weighted by Gasteiger charge is 2.16. The van der Waals surface area contributed by atoms with Gasteiger partial charge in [-0.25, -0.2) is 4.79 Å². The summed E-state index contributed by atoms with van der Waals surface area (Å²) >= 11 is 0. The minimum Gasteiger partial charge on any atom is -0.383 e. The molecule has 0 saturated carbocycles. The normalized spacial score (nSPS) is 10.7. The molecule has 0 atom stereocenters. The molecular weight excluding hydrogens is 262 g/mol. The first-order valence-electron chi connectivity index (χ1n) is 6.33. The van der Waals surface area contributed by atoms with Gasteiger partial charge in [0, 0.05) is 20.6 Å². The summed E-state index contributed by atoms with van der Waals surface area (Å²) in [6.07, 6.45) is 0. The highest BCUT2D eigenvalue weighted by Crippen LogP contribution is 2.11. The van der Waals surface area contributed by atoms with E-state index in [1.807, 2.05) is 13.8 Å². The number of likely N-dealkylation sites (N-methyl/N-ethyl adjacent to an activating group) is 1. The van der Waals surface area contributed by atoms with Gasteiger partial charge in [-0.05, 0) is 5.92 Å². The van der Waals surface area contributed by atoms with E-state index in [-0.39, 0.29) is 29.9 Å². The van der Waals surface area contributed by atoms with Crippen LogP contribution in [-0.2, 0) is 18.4 Å². The molecule has 1 amide bonds. The molecule has 0 radical (unpaired) electrons. The van der Waals surface area contributed by atoms with E-state index < -0.39 is 11.2 Å². The number of carbonyl (C=O) groups excluding carboxylic acids is 1.